The molecule has 1 aromatic carbocycles. The molecule has 2 rings (SSSR count). The highest BCUT2D eigenvalue weighted by Crippen LogP contribution is 2.37. The molecule has 1 N–H and O–H groups in total. The molecule has 1 unspecified atom stereocenters. The van der Waals surface area contributed by atoms with E-state index in [2.05, 4.69) is 26.0 Å². The Hall–Kier alpha value is -1.57. The standard InChI is InChI=1S/C14H16O2/c1-8(2)10-4-5-11-9(3)6-13(14(15)16)12(11)7-10/h4-9H,1-3H3,(H,15,16). The Morgan fingerprint density at radius 2 is 2.06 bits per heavy atom. The number of benzene rings is 1. The van der Waals surface area contributed by atoms with Gasteiger partial charge in [0.2, 0.25) is 0 Å². The average Bonchev–Trinajstić information content (AvgIpc) is 2.56. The van der Waals surface area contributed by atoms with E-state index < -0.39 is 5.97 Å². The lowest BCUT2D eigenvalue weighted by Gasteiger charge is -2.10. The van der Waals surface area contributed by atoms with Crippen LogP contribution in [0.4, 0.5) is 0 Å². The third-order valence-electron chi connectivity index (χ3n) is 3.17. The summed E-state index contributed by atoms with van der Waals surface area (Å²) in [5.41, 5.74) is 3.66. The molecule has 0 fully saturated rings. The molecule has 0 spiro atoms. The van der Waals surface area contributed by atoms with Crippen LogP contribution in [0.3, 0.4) is 0 Å². The van der Waals surface area contributed by atoms with Crippen LogP contribution in [0.2, 0.25) is 0 Å². The van der Waals surface area contributed by atoms with E-state index in [-0.39, 0.29) is 5.92 Å². The van der Waals surface area contributed by atoms with E-state index in [1.165, 1.54) is 5.56 Å². The molecule has 2 nitrogen and oxygen atoms in total. The minimum absolute atomic E-state index is 0.210. The number of hydrogen-bond donors (Lipinski definition) is 1. The van der Waals surface area contributed by atoms with Crippen molar-refractivity contribution < 1.29 is 9.90 Å². The Morgan fingerprint density at radius 3 is 2.62 bits per heavy atom. The van der Waals surface area contributed by atoms with Gasteiger partial charge in [0.1, 0.15) is 0 Å². The molecule has 0 radical (unpaired) electrons. The van der Waals surface area contributed by atoms with Gasteiger partial charge in [0, 0.05) is 5.92 Å². The molecule has 0 saturated carbocycles. The second kappa shape index (κ2) is 3.78. The van der Waals surface area contributed by atoms with Crippen molar-refractivity contribution in [2.45, 2.75) is 32.6 Å². The van der Waals surface area contributed by atoms with Crippen LogP contribution in [0.5, 0.6) is 0 Å². The SMILES string of the molecule is CC(C)c1ccc2c(c1)C(C(=O)O)=CC2C. The molecule has 1 aliphatic carbocycles. The highest BCUT2D eigenvalue weighted by molar-refractivity contribution is 6.17. The summed E-state index contributed by atoms with van der Waals surface area (Å²) in [6.07, 6.45) is 1.83. The van der Waals surface area contributed by atoms with Crippen LogP contribution in [-0.2, 0) is 4.79 Å². The van der Waals surface area contributed by atoms with Gasteiger partial charge in [-0.2, -0.15) is 0 Å². The maximum Gasteiger partial charge on any atom is 0.335 e. The van der Waals surface area contributed by atoms with Crippen molar-refractivity contribution in [3.63, 3.8) is 0 Å². The quantitative estimate of drug-likeness (QED) is 0.822. The molecule has 0 amide bonds. The van der Waals surface area contributed by atoms with Gasteiger partial charge in [-0.05, 0) is 22.6 Å². The predicted molar refractivity (Wildman–Crippen MR) is 64.6 cm³/mol. The van der Waals surface area contributed by atoms with Crippen LogP contribution in [0.25, 0.3) is 5.57 Å². The smallest absolute Gasteiger partial charge is 0.335 e. The second-order valence-corrected chi connectivity index (χ2v) is 4.68. The topological polar surface area (TPSA) is 37.3 Å². The maximum atomic E-state index is 11.1. The number of carbonyl (C=O) groups is 1. The Morgan fingerprint density at radius 1 is 1.38 bits per heavy atom. The van der Waals surface area contributed by atoms with E-state index in [0.29, 0.717) is 11.5 Å². The molecule has 0 aliphatic heterocycles. The Bertz CT molecular complexity index is 470. The van der Waals surface area contributed by atoms with Crippen LogP contribution in [0.15, 0.2) is 24.3 Å². The van der Waals surface area contributed by atoms with Gasteiger partial charge >= 0.3 is 5.97 Å². The second-order valence-electron chi connectivity index (χ2n) is 4.68. The summed E-state index contributed by atoms with van der Waals surface area (Å²) in [6, 6.07) is 6.17. The van der Waals surface area contributed by atoms with Crippen LogP contribution < -0.4 is 0 Å². The van der Waals surface area contributed by atoms with Gasteiger partial charge in [0.15, 0.2) is 0 Å². The van der Waals surface area contributed by atoms with E-state index in [1.807, 2.05) is 19.1 Å². The first-order chi connectivity index (χ1) is 7.50. The number of aliphatic carboxylic acids is 1. The van der Waals surface area contributed by atoms with Crippen LogP contribution >= 0.6 is 0 Å². The fourth-order valence-electron chi connectivity index (χ4n) is 2.18. The van der Waals surface area contributed by atoms with E-state index in [4.69, 9.17) is 5.11 Å². The largest absolute Gasteiger partial charge is 0.478 e. The zero-order valence-corrected chi connectivity index (χ0v) is 9.82. The molecule has 1 aromatic rings. The summed E-state index contributed by atoms with van der Waals surface area (Å²) in [7, 11) is 0. The predicted octanol–water partition coefficient (Wildman–Crippen LogP) is 3.40. The van der Waals surface area contributed by atoms with Gasteiger partial charge < -0.3 is 5.11 Å². The van der Waals surface area contributed by atoms with Crippen LogP contribution in [0, 0.1) is 0 Å². The average molecular weight is 216 g/mol. The Labute approximate surface area is 95.6 Å². The van der Waals surface area contributed by atoms with Gasteiger partial charge in [0.25, 0.3) is 0 Å². The molecule has 84 valence electrons. The van der Waals surface area contributed by atoms with Crippen molar-refractivity contribution >= 4 is 11.5 Å². The van der Waals surface area contributed by atoms with E-state index in [1.54, 1.807) is 0 Å². The summed E-state index contributed by atoms with van der Waals surface area (Å²) in [4.78, 5) is 11.1. The van der Waals surface area contributed by atoms with Crippen molar-refractivity contribution in [1.82, 2.24) is 0 Å². The first-order valence-corrected chi connectivity index (χ1v) is 5.60. The molecule has 2 heteroatoms. The molecule has 0 heterocycles. The first-order valence-electron chi connectivity index (χ1n) is 5.60. The van der Waals surface area contributed by atoms with Crippen molar-refractivity contribution in [3.05, 3.63) is 41.0 Å². The molecular weight excluding hydrogens is 200 g/mol. The lowest BCUT2D eigenvalue weighted by atomic mass is 9.94. The van der Waals surface area contributed by atoms with Crippen molar-refractivity contribution in [1.29, 1.82) is 0 Å². The van der Waals surface area contributed by atoms with Crippen LogP contribution in [-0.4, -0.2) is 11.1 Å². The fourth-order valence-corrected chi connectivity index (χ4v) is 2.18. The minimum atomic E-state index is -0.827. The van der Waals surface area contributed by atoms with Crippen molar-refractivity contribution in [3.8, 4) is 0 Å². The Balaban J connectivity index is 2.54. The number of allylic oxidation sites excluding steroid dienone is 1. The van der Waals surface area contributed by atoms with Gasteiger partial charge in [-0.25, -0.2) is 4.79 Å². The summed E-state index contributed by atoms with van der Waals surface area (Å²) in [5.74, 6) is -0.190. The zero-order valence-electron chi connectivity index (χ0n) is 9.82. The third-order valence-corrected chi connectivity index (χ3v) is 3.17. The first kappa shape index (κ1) is 10.9. The molecule has 0 saturated heterocycles. The van der Waals surface area contributed by atoms with Crippen molar-refractivity contribution in [2.24, 2.45) is 0 Å². The lowest BCUT2D eigenvalue weighted by Crippen LogP contribution is -1.99. The zero-order chi connectivity index (χ0) is 11.9. The number of rotatable bonds is 2. The highest BCUT2D eigenvalue weighted by Gasteiger charge is 2.24. The Kier molecular flexibility index (Phi) is 2.58. The van der Waals surface area contributed by atoms with Gasteiger partial charge in [-0.1, -0.05) is 45.0 Å². The lowest BCUT2D eigenvalue weighted by molar-refractivity contribution is -0.130. The van der Waals surface area contributed by atoms with Gasteiger partial charge in [0.05, 0.1) is 5.57 Å². The van der Waals surface area contributed by atoms with Crippen molar-refractivity contribution in [2.75, 3.05) is 0 Å². The molecule has 0 aromatic heterocycles. The molecule has 1 aliphatic rings. The molecular formula is C14H16O2. The van der Waals surface area contributed by atoms with E-state index >= 15 is 0 Å². The third kappa shape index (κ3) is 1.64. The van der Waals surface area contributed by atoms with Gasteiger partial charge in [-0.15, -0.1) is 0 Å². The highest BCUT2D eigenvalue weighted by atomic mass is 16.4. The summed E-state index contributed by atoms with van der Waals surface area (Å²) in [5, 5.41) is 9.14. The number of hydrogen-bond acceptors (Lipinski definition) is 1. The molecule has 1 atom stereocenters. The number of fused-ring (bicyclic) bond motifs is 1. The van der Waals surface area contributed by atoms with E-state index in [0.717, 1.165) is 11.1 Å². The van der Waals surface area contributed by atoms with E-state index in [9.17, 15) is 4.79 Å². The van der Waals surface area contributed by atoms with Gasteiger partial charge in [-0.3, -0.25) is 0 Å². The number of carboxylic acids is 1. The number of carboxylic acid groups (broad SMARTS) is 1. The fraction of sp³-hybridized carbons (Fsp3) is 0.357. The summed E-state index contributed by atoms with van der Waals surface area (Å²) in [6.45, 7) is 6.26. The molecule has 16 heavy (non-hydrogen) atoms. The molecule has 0 bridgehead atoms. The minimum Gasteiger partial charge on any atom is -0.478 e. The van der Waals surface area contributed by atoms with Crippen LogP contribution in [0.1, 0.15) is 49.3 Å². The summed E-state index contributed by atoms with van der Waals surface area (Å²) < 4.78 is 0. The normalized spacial score (nSPS) is 18.5. The summed E-state index contributed by atoms with van der Waals surface area (Å²) >= 11 is 0. The monoisotopic (exact) mass is 216 g/mol. The maximum absolute atomic E-state index is 11.1.